The number of carbonyl (C=O) groups excluding carboxylic acids is 2. The first-order valence-corrected chi connectivity index (χ1v) is 6.74. The Morgan fingerprint density at radius 2 is 1.90 bits per heavy atom. The van der Waals surface area contributed by atoms with Crippen LogP contribution in [0.1, 0.15) is 37.9 Å². The van der Waals surface area contributed by atoms with E-state index in [0.29, 0.717) is 12.0 Å². The Balaban J connectivity index is 2.05. The Hall–Kier alpha value is -2.62. The fourth-order valence-electron chi connectivity index (χ4n) is 2.79. The van der Waals surface area contributed by atoms with E-state index >= 15 is 0 Å². The molecule has 0 fully saturated rings. The van der Waals surface area contributed by atoms with Gasteiger partial charge in [0.15, 0.2) is 0 Å². The molecule has 1 amide bonds. The summed E-state index contributed by atoms with van der Waals surface area (Å²) in [4.78, 5) is 25.1. The minimum Gasteiger partial charge on any atom is -0.545 e. The number of hydrogen-bond acceptors (Lipinski definition) is 3. The van der Waals surface area contributed by atoms with E-state index in [1.807, 2.05) is 30.3 Å². The van der Waals surface area contributed by atoms with Crippen molar-refractivity contribution in [2.24, 2.45) is 0 Å². The highest BCUT2D eigenvalue weighted by Crippen LogP contribution is 2.32. The maximum absolute atomic E-state index is 12.4. The van der Waals surface area contributed by atoms with Crippen LogP contribution >= 0.6 is 0 Å². The van der Waals surface area contributed by atoms with Gasteiger partial charge in [-0.1, -0.05) is 36.4 Å². The van der Waals surface area contributed by atoms with E-state index in [0.717, 1.165) is 11.1 Å². The number of benzene rings is 2. The van der Waals surface area contributed by atoms with Crippen LogP contribution in [0.5, 0.6) is 0 Å². The van der Waals surface area contributed by atoms with Crippen molar-refractivity contribution < 1.29 is 14.7 Å². The van der Waals surface area contributed by atoms with Gasteiger partial charge in [0, 0.05) is 12.6 Å². The Kier molecular flexibility index (Phi) is 3.22. The molecule has 0 saturated heterocycles. The van der Waals surface area contributed by atoms with E-state index in [1.165, 1.54) is 6.07 Å². The lowest BCUT2D eigenvalue weighted by atomic mass is 9.89. The van der Waals surface area contributed by atoms with Crippen LogP contribution in [0.3, 0.4) is 0 Å². The van der Waals surface area contributed by atoms with Gasteiger partial charge in [0.1, 0.15) is 0 Å². The second-order valence-electron chi connectivity index (χ2n) is 5.21. The van der Waals surface area contributed by atoms with Crippen molar-refractivity contribution in [3.63, 3.8) is 0 Å². The van der Waals surface area contributed by atoms with Crippen molar-refractivity contribution in [1.82, 2.24) is 4.90 Å². The van der Waals surface area contributed by atoms with E-state index < -0.39 is 5.97 Å². The van der Waals surface area contributed by atoms with Gasteiger partial charge in [0.05, 0.1) is 12.0 Å². The number of aromatic carboxylic acids is 1. The minimum atomic E-state index is -1.22. The third-order valence-electron chi connectivity index (χ3n) is 3.96. The van der Waals surface area contributed by atoms with E-state index in [9.17, 15) is 14.7 Å². The van der Waals surface area contributed by atoms with Gasteiger partial charge in [0.25, 0.3) is 5.91 Å². The fraction of sp³-hybridized carbons (Fsp3) is 0.176. The topological polar surface area (TPSA) is 60.4 Å². The molecule has 2 aromatic rings. The molecule has 4 nitrogen and oxygen atoms in total. The second kappa shape index (κ2) is 5.05. The average molecular weight is 280 g/mol. The number of carbonyl (C=O) groups is 2. The average Bonchev–Trinajstić information content (AvgIpc) is 2.51. The van der Waals surface area contributed by atoms with Crippen LogP contribution in [0.15, 0.2) is 48.5 Å². The Morgan fingerprint density at radius 3 is 2.57 bits per heavy atom. The first-order chi connectivity index (χ1) is 10.1. The number of carboxylic acids is 1. The third kappa shape index (κ3) is 2.29. The van der Waals surface area contributed by atoms with Crippen molar-refractivity contribution in [3.05, 3.63) is 70.8 Å². The molecule has 1 heterocycles. The number of amides is 1. The largest absolute Gasteiger partial charge is 0.545 e. The van der Waals surface area contributed by atoms with Crippen molar-refractivity contribution in [2.75, 3.05) is 7.05 Å². The molecule has 1 aliphatic heterocycles. The molecular formula is C17H14NO3-. The van der Waals surface area contributed by atoms with Crippen LogP contribution in [0.4, 0.5) is 0 Å². The normalized spacial score (nSPS) is 17.5. The van der Waals surface area contributed by atoms with Gasteiger partial charge >= 0.3 is 0 Å². The van der Waals surface area contributed by atoms with Gasteiger partial charge in [-0.25, -0.2) is 0 Å². The maximum atomic E-state index is 12.4. The highest BCUT2D eigenvalue weighted by molar-refractivity contribution is 5.98. The molecule has 2 aromatic carbocycles. The summed E-state index contributed by atoms with van der Waals surface area (Å²) in [7, 11) is 1.77. The zero-order valence-electron chi connectivity index (χ0n) is 11.6. The van der Waals surface area contributed by atoms with E-state index in [2.05, 4.69) is 0 Å². The van der Waals surface area contributed by atoms with Gasteiger partial charge in [0.2, 0.25) is 0 Å². The predicted octanol–water partition coefficient (Wildman–Crippen LogP) is 1.42. The summed E-state index contributed by atoms with van der Waals surface area (Å²) in [5, 5.41) is 11.0. The molecule has 0 aromatic heterocycles. The molecule has 0 spiro atoms. The fourth-order valence-corrected chi connectivity index (χ4v) is 2.79. The summed E-state index contributed by atoms with van der Waals surface area (Å²) in [5.41, 5.74) is 2.47. The van der Waals surface area contributed by atoms with Gasteiger partial charge < -0.3 is 14.8 Å². The first-order valence-electron chi connectivity index (χ1n) is 6.74. The smallest absolute Gasteiger partial charge is 0.254 e. The monoisotopic (exact) mass is 280 g/mol. The van der Waals surface area contributed by atoms with Gasteiger partial charge in [-0.2, -0.15) is 0 Å². The molecule has 3 rings (SSSR count). The molecule has 0 aliphatic carbocycles. The number of rotatable bonds is 2. The van der Waals surface area contributed by atoms with Crippen LogP contribution in [-0.4, -0.2) is 23.8 Å². The number of nitrogens with zero attached hydrogens (tertiary/aromatic N) is 1. The molecule has 0 saturated carbocycles. The Morgan fingerprint density at radius 1 is 1.19 bits per heavy atom. The molecule has 0 unspecified atom stereocenters. The molecule has 1 aliphatic rings. The summed E-state index contributed by atoms with van der Waals surface area (Å²) in [6, 6.07) is 14.2. The van der Waals surface area contributed by atoms with E-state index in [4.69, 9.17) is 0 Å². The number of fused-ring (bicyclic) bond motifs is 1. The quantitative estimate of drug-likeness (QED) is 0.836. The van der Waals surface area contributed by atoms with Crippen LogP contribution < -0.4 is 5.11 Å². The molecule has 21 heavy (non-hydrogen) atoms. The van der Waals surface area contributed by atoms with Crippen molar-refractivity contribution in [1.29, 1.82) is 0 Å². The zero-order chi connectivity index (χ0) is 15.0. The van der Waals surface area contributed by atoms with Gasteiger partial charge in [-0.15, -0.1) is 0 Å². The Bertz CT molecular complexity index is 709. The minimum absolute atomic E-state index is 0.0804. The van der Waals surface area contributed by atoms with Crippen molar-refractivity contribution in [3.8, 4) is 0 Å². The molecule has 0 bridgehead atoms. The molecule has 106 valence electrons. The standard InChI is InChI=1S/C17H15NO3/c1-18-15(11-5-3-2-4-6-11)10-13-9-12(17(20)21)7-8-14(13)16(18)19/h2-9,15H,10H2,1H3,(H,20,21)/p-1/t15-/m0/s1. The summed E-state index contributed by atoms with van der Waals surface area (Å²) < 4.78 is 0. The van der Waals surface area contributed by atoms with Crippen LogP contribution in [0.2, 0.25) is 0 Å². The lowest BCUT2D eigenvalue weighted by molar-refractivity contribution is -0.255. The predicted molar refractivity (Wildman–Crippen MR) is 75.8 cm³/mol. The molecule has 0 N–H and O–H groups in total. The van der Waals surface area contributed by atoms with E-state index in [-0.39, 0.29) is 17.5 Å². The number of hydrogen-bond donors (Lipinski definition) is 0. The number of carboxylic acid groups (broad SMARTS) is 1. The summed E-state index contributed by atoms with van der Waals surface area (Å²) in [5.74, 6) is -1.31. The zero-order valence-corrected chi connectivity index (χ0v) is 11.6. The first kappa shape index (κ1) is 13.4. The molecule has 4 heteroatoms. The summed E-state index contributed by atoms with van der Waals surface area (Å²) in [6.07, 6.45) is 0.600. The lowest BCUT2D eigenvalue weighted by Gasteiger charge is -2.34. The highest BCUT2D eigenvalue weighted by Gasteiger charge is 2.30. The molecule has 0 radical (unpaired) electrons. The molecule has 1 atom stereocenters. The SMILES string of the molecule is CN1C(=O)c2ccc(C(=O)[O-])cc2C[C@H]1c1ccccc1. The van der Waals surface area contributed by atoms with Gasteiger partial charge in [-0.05, 0) is 35.2 Å². The van der Waals surface area contributed by atoms with Gasteiger partial charge in [-0.3, -0.25) is 4.79 Å². The second-order valence-corrected chi connectivity index (χ2v) is 5.21. The lowest BCUT2D eigenvalue weighted by Crippen LogP contribution is -2.37. The van der Waals surface area contributed by atoms with Crippen LogP contribution in [0, 0.1) is 0 Å². The molecular weight excluding hydrogens is 266 g/mol. The van der Waals surface area contributed by atoms with E-state index in [1.54, 1.807) is 24.1 Å². The number of likely N-dealkylation sites (N-methyl/N-ethyl adjacent to an activating group) is 1. The third-order valence-corrected chi connectivity index (χ3v) is 3.96. The van der Waals surface area contributed by atoms with Crippen molar-refractivity contribution in [2.45, 2.75) is 12.5 Å². The Labute approximate surface area is 122 Å². The maximum Gasteiger partial charge on any atom is 0.254 e. The van der Waals surface area contributed by atoms with Crippen LogP contribution in [-0.2, 0) is 6.42 Å². The highest BCUT2D eigenvalue weighted by atomic mass is 16.4. The van der Waals surface area contributed by atoms with Crippen molar-refractivity contribution >= 4 is 11.9 Å². The summed E-state index contributed by atoms with van der Waals surface area (Å²) >= 11 is 0. The van der Waals surface area contributed by atoms with Crippen LogP contribution in [0.25, 0.3) is 0 Å². The summed E-state index contributed by atoms with van der Waals surface area (Å²) in [6.45, 7) is 0.